The highest BCUT2D eigenvalue weighted by Crippen LogP contribution is 2.18. The van der Waals surface area contributed by atoms with E-state index in [4.69, 9.17) is 11.6 Å². The van der Waals surface area contributed by atoms with Crippen molar-refractivity contribution in [2.45, 2.75) is 25.4 Å². The van der Waals surface area contributed by atoms with Gasteiger partial charge in [0, 0.05) is 12.2 Å². The van der Waals surface area contributed by atoms with Gasteiger partial charge in [-0.3, -0.25) is 9.48 Å². The number of carbonyl (C=O) groups excluding carboxylic acids is 1. The van der Waals surface area contributed by atoms with Crippen molar-refractivity contribution in [1.29, 1.82) is 0 Å². The van der Waals surface area contributed by atoms with Crippen molar-refractivity contribution in [1.82, 2.24) is 15.1 Å². The number of carbonyl (C=O) groups is 1. The van der Waals surface area contributed by atoms with Crippen molar-refractivity contribution in [2.75, 3.05) is 0 Å². The molecule has 0 unspecified atom stereocenters. The van der Waals surface area contributed by atoms with E-state index in [1.165, 1.54) is 10.9 Å². The molecule has 1 aromatic rings. The van der Waals surface area contributed by atoms with Crippen LogP contribution in [0, 0.1) is 0 Å². The summed E-state index contributed by atoms with van der Waals surface area (Å²) in [5.41, 5.74) is 0. The van der Waals surface area contributed by atoms with Gasteiger partial charge in [0.2, 0.25) is 5.91 Å². The van der Waals surface area contributed by atoms with Crippen LogP contribution < -0.4 is 5.32 Å². The first-order valence-corrected chi connectivity index (χ1v) is 4.59. The van der Waals surface area contributed by atoms with Gasteiger partial charge in [0.15, 0.2) is 0 Å². The van der Waals surface area contributed by atoms with Gasteiger partial charge in [-0.2, -0.15) is 5.10 Å². The fourth-order valence-corrected chi connectivity index (χ4v) is 1.23. The van der Waals surface area contributed by atoms with Gasteiger partial charge in [-0.05, 0) is 12.8 Å². The van der Waals surface area contributed by atoms with Crippen molar-refractivity contribution >= 4 is 17.5 Å². The van der Waals surface area contributed by atoms with Gasteiger partial charge in [-0.15, -0.1) is 0 Å². The smallest absolute Gasteiger partial charge is 0.241 e. The molecule has 0 radical (unpaired) electrons. The second-order valence-electron chi connectivity index (χ2n) is 3.20. The molecular weight excluding hydrogens is 190 g/mol. The van der Waals surface area contributed by atoms with E-state index in [0.29, 0.717) is 11.1 Å². The van der Waals surface area contributed by atoms with Crippen LogP contribution in [0.15, 0.2) is 12.4 Å². The third kappa shape index (κ3) is 2.45. The minimum absolute atomic E-state index is 0.00210. The van der Waals surface area contributed by atoms with Crippen LogP contribution in [0.1, 0.15) is 12.8 Å². The highest BCUT2D eigenvalue weighted by Gasteiger charge is 2.23. The fourth-order valence-electron chi connectivity index (χ4n) is 1.07. The van der Waals surface area contributed by atoms with E-state index in [9.17, 15) is 4.79 Å². The van der Waals surface area contributed by atoms with E-state index < -0.39 is 0 Å². The Morgan fingerprint density at radius 3 is 3.08 bits per heavy atom. The second kappa shape index (κ2) is 3.38. The third-order valence-corrected chi connectivity index (χ3v) is 2.04. The predicted octanol–water partition coefficient (Wildman–Crippen LogP) is 0.815. The molecule has 1 N–H and O–H groups in total. The molecule has 1 aliphatic rings. The molecule has 0 bridgehead atoms. The molecule has 0 spiro atoms. The molecule has 1 heterocycles. The van der Waals surface area contributed by atoms with E-state index in [1.807, 2.05) is 0 Å². The van der Waals surface area contributed by atoms with Gasteiger partial charge in [0.05, 0.1) is 11.2 Å². The van der Waals surface area contributed by atoms with Crippen LogP contribution in [-0.4, -0.2) is 21.7 Å². The van der Waals surface area contributed by atoms with Crippen LogP contribution >= 0.6 is 11.6 Å². The van der Waals surface area contributed by atoms with E-state index in [2.05, 4.69) is 10.4 Å². The maximum Gasteiger partial charge on any atom is 0.241 e. The van der Waals surface area contributed by atoms with E-state index in [-0.39, 0.29) is 12.5 Å². The van der Waals surface area contributed by atoms with Crippen molar-refractivity contribution in [3.8, 4) is 0 Å². The van der Waals surface area contributed by atoms with Gasteiger partial charge in [-0.25, -0.2) is 0 Å². The van der Waals surface area contributed by atoms with E-state index in [0.717, 1.165) is 12.8 Å². The Bertz CT molecular complexity index is 319. The lowest BCUT2D eigenvalue weighted by molar-refractivity contribution is -0.122. The van der Waals surface area contributed by atoms with Crippen LogP contribution in [0.25, 0.3) is 0 Å². The first kappa shape index (κ1) is 8.56. The first-order valence-electron chi connectivity index (χ1n) is 4.21. The topological polar surface area (TPSA) is 46.9 Å². The molecule has 0 aliphatic heterocycles. The zero-order chi connectivity index (χ0) is 9.26. The van der Waals surface area contributed by atoms with Gasteiger partial charge in [0.1, 0.15) is 6.54 Å². The highest BCUT2D eigenvalue weighted by molar-refractivity contribution is 6.30. The minimum atomic E-state index is 0.00210. The van der Waals surface area contributed by atoms with Gasteiger partial charge in [0.25, 0.3) is 0 Å². The maximum atomic E-state index is 11.3. The number of hydrogen-bond donors (Lipinski definition) is 1. The van der Waals surface area contributed by atoms with Crippen LogP contribution in [0.5, 0.6) is 0 Å². The zero-order valence-electron chi connectivity index (χ0n) is 7.03. The van der Waals surface area contributed by atoms with Gasteiger partial charge in [-0.1, -0.05) is 11.6 Å². The Labute approximate surface area is 80.9 Å². The minimum Gasteiger partial charge on any atom is -0.352 e. The van der Waals surface area contributed by atoms with Gasteiger partial charge < -0.3 is 5.32 Å². The number of nitrogens with zero attached hydrogens (tertiary/aromatic N) is 2. The van der Waals surface area contributed by atoms with Crippen LogP contribution in [0.4, 0.5) is 0 Å². The third-order valence-electron chi connectivity index (χ3n) is 1.85. The number of amides is 1. The summed E-state index contributed by atoms with van der Waals surface area (Å²) >= 11 is 5.65. The van der Waals surface area contributed by atoms with Crippen molar-refractivity contribution in [2.24, 2.45) is 0 Å². The van der Waals surface area contributed by atoms with Crippen LogP contribution in [-0.2, 0) is 11.3 Å². The quantitative estimate of drug-likeness (QED) is 0.784. The van der Waals surface area contributed by atoms with Crippen LogP contribution in [0.2, 0.25) is 5.02 Å². The fraction of sp³-hybridized carbons (Fsp3) is 0.500. The molecule has 1 amide bonds. The standard InChI is InChI=1S/C8H10ClN3O/c9-6-3-10-12(4-6)5-8(13)11-7-1-2-7/h3-4,7H,1-2,5H2,(H,11,13). The molecule has 0 saturated heterocycles. The normalized spacial score (nSPS) is 15.8. The molecule has 1 fully saturated rings. The van der Waals surface area contributed by atoms with Crippen molar-refractivity contribution < 1.29 is 4.79 Å². The molecule has 1 saturated carbocycles. The highest BCUT2D eigenvalue weighted by atomic mass is 35.5. The van der Waals surface area contributed by atoms with Crippen molar-refractivity contribution in [3.05, 3.63) is 17.4 Å². The first-order chi connectivity index (χ1) is 6.24. The average molecular weight is 200 g/mol. The number of hydrogen-bond acceptors (Lipinski definition) is 2. The second-order valence-corrected chi connectivity index (χ2v) is 3.63. The monoisotopic (exact) mass is 199 g/mol. The van der Waals surface area contributed by atoms with E-state index >= 15 is 0 Å². The molecule has 0 atom stereocenters. The molecule has 13 heavy (non-hydrogen) atoms. The van der Waals surface area contributed by atoms with Crippen molar-refractivity contribution in [3.63, 3.8) is 0 Å². The molecular formula is C8H10ClN3O. The zero-order valence-corrected chi connectivity index (χ0v) is 7.79. The Kier molecular flexibility index (Phi) is 2.22. The Morgan fingerprint density at radius 1 is 1.77 bits per heavy atom. The molecule has 4 nitrogen and oxygen atoms in total. The van der Waals surface area contributed by atoms with Gasteiger partial charge >= 0.3 is 0 Å². The Morgan fingerprint density at radius 2 is 2.54 bits per heavy atom. The lowest BCUT2D eigenvalue weighted by Gasteiger charge is -2.02. The summed E-state index contributed by atoms with van der Waals surface area (Å²) < 4.78 is 1.53. The summed E-state index contributed by atoms with van der Waals surface area (Å²) in [5, 5.41) is 7.33. The predicted molar refractivity (Wildman–Crippen MR) is 48.4 cm³/mol. The molecule has 1 aliphatic carbocycles. The average Bonchev–Trinajstić information content (AvgIpc) is 2.76. The van der Waals surface area contributed by atoms with Crippen LogP contribution in [0.3, 0.4) is 0 Å². The summed E-state index contributed by atoms with van der Waals surface area (Å²) in [7, 11) is 0. The number of nitrogens with one attached hydrogen (secondary N) is 1. The summed E-state index contributed by atoms with van der Waals surface area (Å²) in [5.74, 6) is 0.00210. The Hall–Kier alpha value is -1.03. The molecule has 5 heteroatoms. The summed E-state index contributed by atoms with van der Waals surface area (Å²) in [6.45, 7) is 0.253. The molecule has 70 valence electrons. The maximum absolute atomic E-state index is 11.3. The molecule has 2 rings (SSSR count). The lowest BCUT2D eigenvalue weighted by atomic mass is 10.5. The summed E-state index contributed by atoms with van der Waals surface area (Å²) in [6.07, 6.45) is 5.36. The molecule has 0 aromatic carbocycles. The Balaban J connectivity index is 1.85. The largest absolute Gasteiger partial charge is 0.352 e. The molecule has 1 aromatic heterocycles. The number of halogens is 1. The summed E-state index contributed by atoms with van der Waals surface area (Å²) in [4.78, 5) is 11.3. The number of rotatable bonds is 3. The van der Waals surface area contributed by atoms with E-state index in [1.54, 1.807) is 6.20 Å². The SMILES string of the molecule is O=C(Cn1cc(Cl)cn1)NC1CC1. The number of aromatic nitrogens is 2. The summed E-state index contributed by atoms with van der Waals surface area (Å²) in [6, 6.07) is 0.401. The lowest BCUT2D eigenvalue weighted by Crippen LogP contribution is -2.29.